The molecule has 3 aromatic rings. The fraction of sp³-hybridized carbons (Fsp3) is 0.370. The molecule has 9 heteroatoms. The summed E-state index contributed by atoms with van der Waals surface area (Å²) in [6.45, 7) is 2.14. The fourth-order valence-electron chi connectivity index (χ4n) is 5.60. The zero-order chi connectivity index (χ0) is 25.1. The number of benzene rings is 2. The summed E-state index contributed by atoms with van der Waals surface area (Å²) >= 11 is 1.21. The Bertz CT molecular complexity index is 1430. The molecule has 1 aromatic heterocycles. The first-order chi connectivity index (χ1) is 17.4. The number of halogens is 1. The maximum atomic E-state index is 13.9. The summed E-state index contributed by atoms with van der Waals surface area (Å²) in [7, 11) is 3.08. The monoisotopic (exact) mass is 508 g/mol. The van der Waals surface area contributed by atoms with Gasteiger partial charge < -0.3 is 14.2 Å². The van der Waals surface area contributed by atoms with E-state index < -0.39 is 11.9 Å². The predicted octanol–water partition coefficient (Wildman–Crippen LogP) is 5.20. The number of amides is 1. The summed E-state index contributed by atoms with van der Waals surface area (Å²) in [5.41, 5.74) is 1.61. The number of Topliss-reactive ketones (excluding diaryl/α,β-unsaturated/α-hetero) is 1. The first kappa shape index (κ1) is 23.0. The Labute approximate surface area is 211 Å². The van der Waals surface area contributed by atoms with Gasteiger partial charge in [-0.3, -0.25) is 14.5 Å². The lowest BCUT2D eigenvalue weighted by atomic mass is 9.74. The highest BCUT2D eigenvalue weighted by Crippen LogP contribution is 2.50. The molecule has 3 aliphatic rings. The van der Waals surface area contributed by atoms with Gasteiger partial charge in [-0.15, -0.1) is 0 Å². The predicted molar refractivity (Wildman–Crippen MR) is 133 cm³/mol. The standard InChI is InChI=1S/C27H25FN2O5S/c1-13-4-8-18-16(10-13)24(31)22-23(14-5-9-19(33-2)20(11-14)34-3)30(26(32)25(22)35-18)27-29-17-7-6-15(28)12-21(17)36-27/h5-7,9,11-13,16,18,23H,4,8,10H2,1-3H3. The zero-order valence-corrected chi connectivity index (χ0v) is 20.9. The Morgan fingerprint density at radius 2 is 1.89 bits per heavy atom. The molecular weight excluding hydrogens is 483 g/mol. The molecular formula is C27H25FN2O5S. The molecule has 0 radical (unpaired) electrons. The molecule has 0 spiro atoms. The van der Waals surface area contributed by atoms with Gasteiger partial charge in [-0.25, -0.2) is 9.37 Å². The van der Waals surface area contributed by atoms with Crippen LogP contribution in [0, 0.1) is 17.7 Å². The molecule has 3 heterocycles. The number of ether oxygens (including phenoxy) is 3. The zero-order valence-electron chi connectivity index (χ0n) is 20.1. The minimum atomic E-state index is -0.747. The van der Waals surface area contributed by atoms with Crippen LogP contribution in [0.2, 0.25) is 0 Å². The van der Waals surface area contributed by atoms with Crippen molar-refractivity contribution in [2.24, 2.45) is 11.8 Å². The first-order valence-corrected chi connectivity index (χ1v) is 12.8. The molecule has 1 fully saturated rings. The lowest BCUT2D eigenvalue weighted by Crippen LogP contribution is -2.41. The highest BCUT2D eigenvalue weighted by atomic mass is 32.1. The van der Waals surface area contributed by atoms with Gasteiger partial charge in [-0.2, -0.15) is 0 Å². The van der Waals surface area contributed by atoms with E-state index >= 15 is 0 Å². The third kappa shape index (κ3) is 3.48. The Morgan fingerprint density at radius 1 is 1.08 bits per heavy atom. The summed E-state index contributed by atoms with van der Waals surface area (Å²) in [5, 5.41) is 0.377. The van der Waals surface area contributed by atoms with Gasteiger partial charge in [-0.1, -0.05) is 24.3 Å². The van der Waals surface area contributed by atoms with Crippen molar-refractivity contribution in [3.8, 4) is 11.5 Å². The third-order valence-electron chi connectivity index (χ3n) is 7.38. The number of anilines is 1. The van der Waals surface area contributed by atoms with Gasteiger partial charge in [0.05, 0.1) is 42.0 Å². The quantitative estimate of drug-likeness (QED) is 0.482. The number of hydrogen-bond acceptors (Lipinski definition) is 7. The topological polar surface area (TPSA) is 78.0 Å². The third-order valence-corrected chi connectivity index (χ3v) is 8.40. The summed E-state index contributed by atoms with van der Waals surface area (Å²) in [5.74, 6) is 0.410. The van der Waals surface area contributed by atoms with E-state index in [-0.39, 0.29) is 29.4 Å². The van der Waals surface area contributed by atoms with Crippen LogP contribution in [-0.2, 0) is 14.3 Å². The van der Waals surface area contributed by atoms with Crippen LogP contribution in [0.4, 0.5) is 9.52 Å². The van der Waals surface area contributed by atoms with E-state index in [0.717, 1.165) is 19.3 Å². The van der Waals surface area contributed by atoms with Crippen molar-refractivity contribution in [3.05, 3.63) is 59.1 Å². The van der Waals surface area contributed by atoms with Crippen molar-refractivity contribution in [2.75, 3.05) is 19.1 Å². The maximum Gasteiger partial charge on any atom is 0.296 e. The van der Waals surface area contributed by atoms with Crippen molar-refractivity contribution in [1.29, 1.82) is 0 Å². The van der Waals surface area contributed by atoms with Crippen molar-refractivity contribution >= 4 is 38.4 Å². The Balaban J connectivity index is 1.52. The number of fused-ring (bicyclic) bond motifs is 2. The highest BCUT2D eigenvalue weighted by Gasteiger charge is 2.53. The summed E-state index contributed by atoms with van der Waals surface area (Å²) in [6.07, 6.45) is 2.13. The number of carbonyl (C=O) groups excluding carboxylic acids is 2. The molecule has 4 atom stereocenters. The summed E-state index contributed by atoms with van der Waals surface area (Å²) < 4.78 is 31.7. The average molecular weight is 509 g/mol. The number of nitrogens with zero attached hydrogens (tertiary/aromatic N) is 2. The van der Waals surface area contributed by atoms with Gasteiger partial charge >= 0.3 is 0 Å². The molecule has 2 aliphatic heterocycles. The molecule has 0 N–H and O–H groups in total. The van der Waals surface area contributed by atoms with Gasteiger partial charge in [0.25, 0.3) is 5.91 Å². The van der Waals surface area contributed by atoms with Crippen molar-refractivity contribution < 1.29 is 28.2 Å². The molecule has 186 valence electrons. The van der Waals surface area contributed by atoms with Crippen LogP contribution in [-0.4, -0.2) is 37.0 Å². The SMILES string of the molecule is COc1ccc(C2C3=C(OC4CCC(C)CC4C3=O)C(=O)N2c2nc3ccc(F)cc3s2)cc1OC. The maximum absolute atomic E-state index is 13.9. The second-order valence-electron chi connectivity index (χ2n) is 9.59. The second kappa shape index (κ2) is 8.58. The van der Waals surface area contributed by atoms with Crippen LogP contribution in [0.25, 0.3) is 10.2 Å². The van der Waals surface area contributed by atoms with Gasteiger partial charge in [0.2, 0.25) is 0 Å². The Kier molecular flexibility index (Phi) is 5.48. The van der Waals surface area contributed by atoms with E-state index in [1.165, 1.54) is 35.5 Å². The molecule has 1 aliphatic carbocycles. The minimum Gasteiger partial charge on any atom is -0.493 e. The van der Waals surface area contributed by atoms with Crippen LogP contribution >= 0.6 is 11.3 Å². The molecule has 4 unspecified atom stereocenters. The molecule has 2 aromatic carbocycles. The molecule has 6 rings (SSSR count). The number of methoxy groups -OCH3 is 2. The van der Waals surface area contributed by atoms with Crippen LogP contribution in [0.5, 0.6) is 11.5 Å². The molecule has 0 bridgehead atoms. The average Bonchev–Trinajstić information content (AvgIpc) is 3.42. The normalized spacial score (nSPS) is 25.6. The lowest BCUT2D eigenvalue weighted by molar-refractivity contribution is -0.132. The molecule has 0 saturated heterocycles. The lowest BCUT2D eigenvalue weighted by Gasteiger charge is -2.37. The second-order valence-corrected chi connectivity index (χ2v) is 10.6. The van der Waals surface area contributed by atoms with E-state index in [1.807, 2.05) is 6.07 Å². The van der Waals surface area contributed by atoms with Crippen LogP contribution in [0.15, 0.2) is 47.7 Å². The summed E-state index contributed by atoms with van der Waals surface area (Å²) in [4.78, 5) is 33.9. The summed E-state index contributed by atoms with van der Waals surface area (Å²) in [6, 6.07) is 8.92. The van der Waals surface area contributed by atoms with E-state index in [4.69, 9.17) is 14.2 Å². The number of aromatic nitrogens is 1. The smallest absolute Gasteiger partial charge is 0.296 e. The van der Waals surface area contributed by atoms with Crippen molar-refractivity contribution in [1.82, 2.24) is 4.98 Å². The Hall–Kier alpha value is -3.46. The number of carbonyl (C=O) groups is 2. The fourth-order valence-corrected chi connectivity index (χ4v) is 6.62. The van der Waals surface area contributed by atoms with Crippen LogP contribution in [0.3, 0.4) is 0 Å². The van der Waals surface area contributed by atoms with E-state index in [9.17, 15) is 14.0 Å². The van der Waals surface area contributed by atoms with Gasteiger partial charge in [0, 0.05) is 0 Å². The van der Waals surface area contributed by atoms with Gasteiger partial charge in [0.1, 0.15) is 11.9 Å². The van der Waals surface area contributed by atoms with E-state index in [1.54, 1.807) is 25.3 Å². The van der Waals surface area contributed by atoms with Gasteiger partial charge in [-0.05, 0) is 61.1 Å². The number of thiazole rings is 1. The highest BCUT2D eigenvalue weighted by molar-refractivity contribution is 7.22. The van der Waals surface area contributed by atoms with Crippen LogP contribution < -0.4 is 14.4 Å². The number of ketones is 1. The van der Waals surface area contributed by atoms with E-state index in [0.29, 0.717) is 43.9 Å². The molecule has 7 nitrogen and oxygen atoms in total. The number of hydrogen-bond donors (Lipinski definition) is 0. The van der Waals surface area contributed by atoms with E-state index in [2.05, 4.69) is 11.9 Å². The molecule has 1 saturated carbocycles. The Morgan fingerprint density at radius 3 is 2.67 bits per heavy atom. The van der Waals surface area contributed by atoms with Crippen LogP contribution in [0.1, 0.15) is 37.8 Å². The minimum absolute atomic E-state index is 0.0457. The van der Waals surface area contributed by atoms with Gasteiger partial charge in [0.15, 0.2) is 28.2 Å². The molecule has 36 heavy (non-hydrogen) atoms. The number of rotatable bonds is 4. The van der Waals surface area contributed by atoms with Crippen molar-refractivity contribution in [3.63, 3.8) is 0 Å². The molecule has 1 amide bonds. The first-order valence-electron chi connectivity index (χ1n) is 12.0. The largest absolute Gasteiger partial charge is 0.493 e. The van der Waals surface area contributed by atoms with Crippen molar-refractivity contribution in [2.45, 2.75) is 38.3 Å².